The molecule has 1 saturated heterocycles. The second-order valence-corrected chi connectivity index (χ2v) is 6.41. The van der Waals surface area contributed by atoms with Gasteiger partial charge in [-0.15, -0.1) is 0 Å². The van der Waals surface area contributed by atoms with Crippen LogP contribution < -0.4 is 10.1 Å². The molecule has 0 spiro atoms. The van der Waals surface area contributed by atoms with Gasteiger partial charge in [0.2, 0.25) is 0 Å². The van der Waals surface area contributed by atoms with Crippen LogP contribution >= 0.6 is 0 Å². The lowest BCUT2D eigenvalue weighted by molar-refractivity contribution is -0.0377. The Kier molecular flexibility index (Phi) is 5.46. The number of likely N-dealkylation sites (tertiary alicyclic amines) is 1. The van der Waals surface area contributed by atoms with Crippen LogP contribution in [0, 0.1) is 0 Å². The van der Waals surface area contributed by atoms with E-state index in [2.05, 4.69) is 15.3 Å². The average molecular weight is 358 g/mol. The van der Waals surface area contributed by atoms with Gasteiger partial charge in [0.1, 0.15) is 17.0 Å². The van der Waals surface area contributed by atoms with Crippen LogP contribution in [0.4, 0.5) is 0 Å². The van der Waals surface area contributed by atoms with Crippen LogP contribution in [0.25, 0.3) is 0 Å². The molecule has 1 aliphatic heterocycles. The van der Waals surface area contributed by atoms with Gasteiger partial charge in [-0.1, -0.05) is 12.1 Å². The molecule has 8 heteroatoms. The summed E-state index contributed by atoms with van der Waals surface area (Å²) in [5, 5.41) is 23.6. The number of methoxy groups -OCH3 is 1. The molecule has 1 amide bonds. The van der Waals surface area contributed by atoms with E-state index >= 15 is 0 Å². The first-order valence-corrected chi connectivity index (χ1v) is 8.30. The highest BCUT2D eigenvalue weighted by molar-refractivity contribution is 5.91. The number of benzene rings is 1. The first kappa shape index (κ1) is 18.2. The van der Waals surface area contributed by atoms with Crippen LogP contribution in [0.3, 0.4) is 0 Å². The lowest BCUT2D eigenvalue weighted by Crippen LogP contribution is -2.51. The highest BCUT2D eigenvalue weighted by atomic mass is 16.5. The van der Waals surface area contributed by atoms with Crippen molar-refractivity contribution in [2.45, 2.75) is 18.2 Å². The van der Waals surface area contributed by atoms with Crippen LogP contribution in [0.1, 0.15) is 16.1 Å². The van der Waals surface area contributed by atoms with Gasteiger partial charge in [-0.25, -0.2) is 4.98 Å². The summed E-state index contributed by atoms with van der Waals surface area (Å²) in [5.41, 5.74) is -0.238. The number of ether oxygens (including phenoxy) is 1. The summed E-state index contributed by atoms with van der Waals surface area (Å²) in [6.07, 6.45) is 3.28. The topological polar surface area (TPSA) is 108 Å². The Morgan fingerprint density at radius 2 is 2.31 bits per heavy atom. The number of hydrogen-bond donors (Lipinski definition) is 3. The van der Waals surface area contributed by atoms with E-state index in [1.807, 2.05) is 29.2 Å². The third-order valence-corrected chi connectivity index (χ3v) is 4.44. The number of rotatable bonds is 6. The minimum atomic E-state index is -1.42. The van der Waals surface area contributed by atoms with Crippen LogP contribution in [0.2, 0.25) is 0 Å². The summed E-state index contributed by atoms with van der Waals surface area (Å²) in [6.45, 7) is 1.05. The predicted octanol–water partition coefficient (Wildman–Crippen LogP) is -0.177. The number of nitrogens with zero attached hydrogens (tertiary/aromatic N) is 3. The molecule has 0 unspecified atom stereocenters. The number of aromatic nitrogens is 2. The zero-order valence-corrected chi connectivity index (χ0v) is 14.5. The Morgan fingerprint density at radius 1 is 1.46 bits per heavy atom. The molecule has 1 fully saturated rings. The molecule has 1 aromatic heterocycles. The minimum Gasteiger partial charge on any atom is -0.497 e. The Bertz CT molecular complexity index is 758. The van der Waals surface area contributed by atoms with E-state index in [-0.39, 0.29) is 18.8 Å². The van der Waals surface area contributed by atoms with Crippen molar-refractivity contribution in [2.24, 2.45) is 0 Å². The predicted molar refractivity (Wildman–Crippen MR) is 93.6 cm³/mol. The van der Waals surface area contributed by atoms with E-state index in [4.69, 9.17) is 4.74 Å². The molecule has 3 rings (SSSR count). The van der Waals surface area contributed by atoms with Crippen molar-refractivity contribution in [3.05, 3.63) is 54.1 Å². The molecular weight excluding hydrogens is 336 g/mol. The molecule has 0 saturated carbocycles. The lowest BCUT2D eigenvalue weighted by atomic mass is 10.0. The summed E-state index contributed by atoms with van der Waals surface area (Å²) in [6, 6.07) is 7.64. The largest absolute Gasteiger partial charge is 0.497 e. The standard InChI is InChI=1S/C18H22N4O4/c1-26-14-4-2-3-13(7-14)9-22-10-16(23)18(25,12-22)11-21-17(24)15-8-19-5-6-20-15/h2-8,16,23,25H,9-12H2,1H3,(H,21,24)/t16-,18+/m1/s1. The summed E-state index contributed by atoms with van der Waals surface area (Å²) < 4.78 is 5.21. The van der Waals surface area contributed by atoms with Crippen LogP contribution in [0.5, 0.6) is 5.75 Å². The zero-order valence-electron chi connectivity index (χ0n) is 14.5. The number of carbonyl (C=O) groups excluding carboxylic acids is 1. The van der Waals surface area contributed by atoms with E-state index in [0.717, 1.165) is 11.3 Å². The SMILES string of the molecule is COc1cccc(CN2C[C@@H](O)[C@](O)(CNC(=O)c3cnccn3)C2)c1. The van der Waals surface area contributed by atoms with Gasteiger partial charge in [0, 0.05) is 32.0 Å². The third kappa shape index (κ3) is 4.16. The van der Waals surface area contributed by atoms with Gasteiger partial charge < -0.3 is 20.3 Å². The van der Waals surface area contributed by atoms with Crippen LogP contribution in [0.15, 0.2) is 42.9 Å². The number of amides is 1. The average Bonchev–Trinajstić information content (AvgIpc) is 2.94. The quantitative estimate of drug-likeness (QED) is 0.658. The number of hydrogen-bond acceptors (Lipinski definition) is 7. The lowest BCUT2D eigenvalue weighted by Gasteiger charge is -2.26. The maximum atomic E-state index is 12.1. The van der Waals surface area contributed by atoms with Crippen molar-refractivity contribution in [3.8, 4) is 5.75 Å². The third-order valence-electron chi connectivity index (χ3n) is 4.44. The first-order chi connectivity index (χ1) is 12.5. The molecule has 8 nitrogen and oxygen atoms in total. The number of β-amino-alcohol motifs (C(OH)–C–C–N with tert-alkyl or cyclic N) is 2. The molecular formula is C18H22N4O4. The molecule has 138 valence electrons. The number of aliphatic hydroxyl groups excluding tert-OH is 1. The smallest absolute Gasteiger partial charge is 0.271 e. The summed E-state index contributed by atoms with van der Waals surface area (Å²) in [4.78, 5) is 21.7. The summed E-state index contributed by atoms with van der Waals surface area (Å²) in [7, 11) is 1.61. The Morgan fingerprint density at radius 3 is 3.04 bits per heavy atom. The van der Waals surface area contributed by atoms with Gasteiger partial charge in [0.05, 0.1) is 26.0 Å². The van der Waals surface area contributed by atoms with E-state index in [1.165, 1.54) is 18.6 Å². The maximum absolute atomic E-state index is 12.1. The molecule has 1 aliphatic rings. The van der Waals surface area contributed by atoms with Gasteiger partial charge in [0.15, 0.2) is 0 Å². The molecule has 26 heavy (non-hydrogen) atoms. The van der Waals surface area contributed by atoms with Crippen LogP contribution in [-0.2, 0) is 6.54 Å². The maximum Gasteiger partial charge on any atom is 0.271 e. The van der Waals surface area contributed by atoms with Crippen molar-refractivity contribution in [3.63, 3.8) is 0 Å². The molecule has 0 radical (unpaired) electrons. The fraction of sp³-hybridized carbons (Fsp3) is 0.389. The molecule has 1 aromatic carbocycles. The van der Waals surface area contributed by atoms with Crippen molar-refractivity contribution in [1.29, 1.82) is 0 Å². The summed E-state index contributed by atoms with van der Waals surface area (Å²) in [5.74, 6) is 0.318. The molecule has 3 N–H and O–H groups in total. The van der Waals surface area contributed by atoms with E-state index < -0.39 is 17.6 Å². The Balaban J connectivity index is 1.59. The van der Waals surface area contributed by atoms with Gasteiger partial charge >= 0.3 is 0 Å². The Hall–Kier alpha value is -2.55. The van der Waals surface area contributed by atoms with Gasteiger partial charge in [-0.3, -0.25) is 14.7 Å². The van der Waals surface area contributed by atoms with E-state index in [9.17, 15) is 15.0 Å². The van der Waals surface area contributed by atoms with Gasteiger partial charge in [-0.2, -0.15) is 0 Å². The fourth-order valence-electron chi connectivity index (χ4n) is 3.04. The normalized spacial score (nSPS) is 23.0. The minimum absolute atomic E-state index is 0.0712. The van der Waals surface area contributed by atoms with E-state index in [0.29, 0.717) is 13.1 Å². The molecule has 2 heterocycles. The van der Waals surface area contributed by atoms with Crippen molar-refractivity contribution in [2.75, 3.05) is 26.7 Å². The highest BCUT2D eigenvalue weighted by Gasteiger charge is 2.44. The number of carbonyl (C=O) groups is 1. The number of aliphatic hydroxyl groups is 2. The van der Waals surface area contributed by atoms with Gasteiger partial charge in [-0.05, 0) is 17.7 Å². The molecule has 2 aromatic rings. The molecule has 0 bridgehead atoms. The second kappa shape index (κ2) is 7.77. The van der Waals surface area contributed by atoms with Gasteiger partial charge in [0.25, 0.3) is 5.91 Å². The second-order valence-electron chi connectivity index (χ2n) is 6.41. The van der Waals surface area contributed by atoms with Crippen molar-refractivity contribution < 1.29 is 19.7 Å². The molecule has 2 atom stereocenters. The monoisotopic (exact) mass is 358 g/mol. The molecule has 0 aliphatic carbocycles. The number of nitrogens with one attached hydrogen (secondary N) is 1. The van der Waals surface area contributed by atoms with Crippen LogP contribution in [-0.4, -0.2) is 69.4 Å². The zero-order chi connectivity index (χ0) is 18.6. The Labute approximate surface area is 151 Å². The van der Waals surface area contributed by atoms with E-state index in [1.54, 1.807) is 7.11 Å². The first-order valence-electron chi connectivity index (χ1n) is 8.30. The summed E-state index contributed by atoms with van der Waals surface area (Å²) >= 11 is 0. The highest BCUT2D eigenvalue weighted by Crippen LogP contribution is 2.24. The fourth-order valence-corrected chi connectivity index (χ4v) is 3.04. The van der Waals surface area contributed by atoms with Crippen molar-refractivity contribution in [1.82, 2.24) is 20.2 Å². The van der Waals surface area contributed by atoms with Crippen molar-refractivity contribution >= 4 is 5.91 Å².